The summed E-state index contributed by atoms with van der Waals surface area (Å²) in [5.74, 6) is 0.647. The molecule has 3 unspecified atom stereocenters. The third-order valence-electron chi connectivity index (χ3n) is 3.94. The van der Waals surface area contributed by atoms with E-state index in [0.717, 1.165) is 0 Å². The Morgan fingerprint density at radius 3 is 2.87 bits per heavy atom. The maximum Gasteiger partial charge on any atom is 0.0390 e. The third kappa shape index (κ3) is 1.44. The summed E-state index contributed by atoms with van der Waals surface area (Å²) in [5.41, 5.74) is 8.92. The average molecular weight is 202 g/mol. The lowest BCUT2D eigenvalue weighted by Gasteiger charge is -2.41. The summed E-state index contributed by atoms with van der Waals surface area (Å²) in [6.45, 7) is 0. The second kappa shape index (κ2) is 3.53. The molecule has 0 saturated heterocycles. The highest BCUT2D eigenvalue weighted by Crippen LogP contribution is 2.41. The summed E-state index contributed by atoms with van der Waals surface area (Å²) in [6, 6.07) is 9.35. The molecule has 1 aliphatic heterocycles. The summed E-state index contributed by atoms with van der Waals surface area (Å²) in [7, 11) is 0. The average Bonchev–Trinajstić information content (AvgIpc) is 2.30. The molecule has 1 heterocycles. The van der Waals surface area contributed by atoms with E-state index in [1.54, 1.807) is 0 Å². The molecule has 0 amide bonds. The van der Waals surface area contributed by atoms with Crippen molar-refractivity contribution in [2.24, 2.45) is 11.7 Å². The molecule has 1 fully saturated rings. The molecule has 0 bridgehead atoms. The second-order valence-electron chi connectivity index (χ2n) is 4.81. The Balaban J connectivity index is 1.98. The number of anilines is 1. The molecule has 0 radical (unpaired) electrons. The Kier molecular flexibility index (Phi) is 2.17. The minimum absolute atomic E-state index is 0.243. The smallest absolute Gasteiger partial charge is 0.0390 e. The predicted octanol–water partition coefficient (Wildman–Crippen LogP) is 2.67. The molecule has 0 spiro atoms. The molecule has 2 aliphatic rings. The van der Waals surface area contributed by atoms with E-state index in [1.165, 1.54) is 36.9 Å². The highest BCUT2D eigenvalue weighted by Gasteiger charge is 2.35. The van der Waals surface area contributed by atoms with E-state index in [9.17, 15) is 0 Å². The van der Waals surface area contributed by atoms with E-state index in [2.05, 4.69) is 29.6 Å². The number of para-hydroxylation sites is 1. The number of nitrogens with two attached hydrogens (primary N) is 1. The van der Waals surface area contributed by atoms with Crippen LogP contribution in [0.2, 0.25) is 0 Å². The van der Waals surface area contributed by atoms with E-state index in [4.69, 9.17) is 5.73 Å². The first kappa shape index (κ1) is 9.22. The van der Waals surface area contributed by atoms with Gasteiger partial charge >= 0.3 is 0 Å². The minimum Gasteiger partial charge on any atom is -0.382 e. The molecule has 80 valence electrons. The first-order valence-corrected chi connectivity index (χ1v) is 5.97. The molecule has 1 aromatic rings. The first-order valence-electron chi connectivity index (χ1n) is 5.97. The van der Waals surface area contributed by atoms with Crippen LogP contribution in [0.15, 0.2) is 24.3 Å². The van der Waals surface area contributed by atoms with E-state index in [1.807, 2.05) is 0 Å². The summed E-state index contributed by atoms with van der Waals surface area (Å²) in [5, 5.41) is 3.65. The molecule has 1 saturated carbocycles. The van der Waals surface area contributed by atoms with Crippen LogP contribution in [-0.2, 0) is 0 Å². The SMILES string of the molecule is NC1c2ccccc2NC2CCCCC21. The topological polar surface area (TPSA) is 38.0 Å². The summed E-state index contributed by atoms with van der Waals surface area (Å²) >= 11 is 0. The molecule has 0 aromatic heterocycles. The zero-order chi connectivity index (χ0) is 10.3. The van der Waals surface area contributed by atoms with Gasteiger partial charge in [0.05, 0.1) is 0 Å². The highest BCUT2D eigenvalue weighted by atomic mass is 15.0. The van der Waals surface area contributed by atoms with Crippen LogP contribution in [0.25, 0.3) is 0 Å². The van der Waals surface area contributed by atoms with Crippen molar-refractivity contribution in [2.45, 2.75) is 37.8 Å². The van der Waals surface area contributed by atoms with Crippen molar-refractivity contribution in [2.75, 3.05) is 5.32 Å². The number of fused-ring (bicyclic) bond motifs is 2. The Hall–Kier alpha value is -1.02. The van der Waals surface area contributed by atoms with Crippen LogP contribution in [0.4, 0.5) is 5.69 Å². The Bertz CT molecular complexity index is 361. The maximum atomic E-state index is 6.36. The lowest BCUT2D eigenvalue weighted by Crippen LogP contribution is -2.42. The van der Waals surface area contributed by atoms with E-state index in [-0.39, 0.29) is 6.04 Å². The maximum absolute atomic E-state index is 6.36. The van der Waals surface area contributed by atoms with Gasteiger partial charge in [-0.1, -0.05) is 31.0 Å². The number of rotatable bonds is 0. The molecule has 15 heavy (non-hydrogen) atoms. The van der Waals surface area contributed by atoms with Crippen molar-refractivity contribution in [1.82, 2.24) is 0 Å². The Morgan fingerprint density at radius 1 is 1.13 bits per heavy atom. The van der Waals surface area contributed by atoms with Gasteiger partial charge in [-0.05, 0) is 30.4 Å². The van der Waals surface area contributed by atoms with Gasteiger partial charge in [0.15, 0.2) is 0 Å². The lowest BCUT2D eigenvalue weighted by molar-refractivity contribution is 0.271. The van der Waals surface area contributed by atoms with Crippen LogP contribution >= 0.6 is 0 Å². The van der Waals surface area contributed by atoms with Gasteiger partial charge in [-0.3, -0.25) is 0 Å². The molecule has 3 rings (SSSR count). The molecule has 3 atom stereocenters. The van der Waals surface area contributed by atoms with Gasteiger partial charge in [-0.25, -0.2) is 0 Å². The fraction of sp³-hybridized carbons (Fsp3) is 0.538. The van der Waals surface area contributed by atoms with E-state index in [0.29, 0.717) is 12.0 Å². The third-order valence-corrected chi connectivity index (χ3v) is 3.94. The van der Waals surface area contributed by atoms with Crippen molar-refractivity contribution < 1.29 is 0 Å². The fourth-order valence-corrected chi connectivity index (χ4v) is 3.12. The van der Waals surface area contributed by atoms with Crippen molar-refractivity contribution in [3.05, 3.63) is 29.8 Å². The Morgan fingerprint density at radius 2 is 1.93 bits per heavy atom. The van der Waals surface area contributed by atoms with Crippen LogP contribution in [-0.4, -0.2) is 6.04 Å². The van der Waals surface area contributed by atoms with Crippen LogP contribution < -0.4 is 11.1 Å². The Labute approximate surface area is 90.9 Å². The van der Waals surface area contributed by atoms with Gasteiger partial charge in [-0.2, -0.15) is 0 Å². The zero-order valence-corrected chi connectivity index (χ0v) is 8.95. The predicted molar refractivity (Wildman–Crippen MR) is 62.7 cm³/mol. The van der Waals surface area contributed by atoms with Gasteiger partial charge in [0.1, 0.15) is 0 Å². The number of benzene rings is 1. The molecule has 2 nitrogen and oxygen atoms in total. The minimum atomic E-state index is 0.243. The summed E-state index contributed by atoms with van der Waals surface area (Å²) in [4.78, 5) is 0. The molecular weight excluding hydrogens is 184 g/mol. The number of hydrogen-bond acceptors (Lipinski definition) is 2. The zero-order valence-electron chi connectivity index (χ0n) is 8.95. The molecule has 2 heteroatoms. The fourth-order valence-electron chi connectivity index (χ4n) is 3.12. The molecule has 1 aromatic carbocycles. The van der Waals surface area contributed by atoms with Crippen LogP contribution in [0.5, 0.6) is 0 Å². The van der Waals surface area contributed by atoms with Gasteiger partial charge in [0.25, 0.3) is 0 Å². The van der Waals surface area contributed by atoms with Crippen molar-refractivity contribution in [3.63, 3.8) is 0 Å². The number of nitrogens with one attached hydrogen (secondary N) is 1. The van der Waals surface area contributed by atoms with Crippen molar-refractivity contribution in [3.8, 4) is 0 Å². The lowest BCUT2D eigenvalue weighted by atomic mass is 9.75. The van der Waals surface area contributed by atoms with Crippen LogP contribution in [0.1, 0.15) is 37.3 Å². The largest absolute Gasteiger partial charge is 0.382 e. The van der Waals surface area contributed by atoms with Gasteiger partial charge in [-0.15, -0.1) is 0 Å². The van der Waals surface area contributed by atoms with Gasteiger partial charge in [0.2, 0.25) is 0 Å². The number of hydrogen-bond donors (Lipinski definition) is 2. The quantitative estimate of drug-likeness (QED) is 0.678. The van der Waals surface area contributed by atoms with E-state index >= 15 is 0 Å². The van der Waals surface area contributed by atoms with Crippen molar-refractivity contribution in [1.29, 1.82) is 0 Å². The normalized spacial score (nSPS) is 33.8. The van der Waals surface area contributed by atoms with Gasteiger partial charge < -0.3 is 11.1 Å². The first-order chi connectivity index (χ1) is 7.36. The van der Waals surface area contributed by atoms with Crippen LogP contribution in [0, 0.1) is 5.92 Å². The second-order valence-corrected chi connectivity index (χ2v) is 4.81. The molecule has 3 N–H and O–H groups in total. The van der Waals surface area contributed by atoms with E-state index < -0.39 is 0 Å². The monoisotopic (exact) mass is 202 g/mol. The van der Waals surface area contributed by atoms with Crippen molar-refractivity contribution >= 4 is 5.69 Å². The van der Waals surface area contributed by atoms with Crippen LogP contribution in [0.3, 0.4) is 0 Å². The molecular formula is C13H18N2. The highest BCUT2D eigenvalue weighted by molar-refractivity contribution is 5.56. The summed E-state index contributed by atoms with van der Waals surface area (Å²) < 4.78 is 0. The molecule has 1 aliphatic carbocycles. The standard InChI is InChI=1S/C13H18N2/c14-13-9-5-1-3-7-11(9)15-12-8-4-2-6-10(12)13/h1,3,5,7,10,12-13,15H,2,4,6,8,14H2. The van der Waals surface area contributed by atoms with Gasteiger partial charge in [0, 0.05) is 17.8 Å². The summed E-state index contributed by atoms with van der Waals surface area (Å²) in [6.07, 6.45) is 5.27.